The standard InChI is InChI=1S/C25H30F2N6O3/c1-4-5-17-6-9-22(34)33(11-17)13-21-24(29-30-31(21)3)20-8-7-19(16(2)28-20)18-10-25(26,27)15-32(12-18)14-23(35)36/h6-9,11,18H,4-5,10,12-15H2,1-3H3,(H,35,36). The zero-order chi connectivity index (χ0) is 26.0. The van der Waals surface area contributed by atoms with Crippen molar-refractivity contribution in [3.63, 3.8) is 0 Å². The number of aromatic nitrogens is 5. The van der Waals surface area contributed by atoms with E-state index in [9.17, 15) is 18.4 Å². The number of piperidine rings is 1. The van der Waals surface area contributed by atoms with E-state index in [1.54, 1.807) is 41.4 Å². The summed E-state index contributed by atoms with van der Waals surface area (Å²) >= 11 is 0. The zero-order valence-electron chi connectivity index (χ0n) is 20.6. The van der Waals surface area contributed by atoms with Crippen molar-refractivity contribution in [1.29, 1.82) is 0 Å². The fourth-order valence-corrected chi connectivity index (χ4v) is 4.90. The minimum Gasteiger partial charge on any atom is -0.480 e. The van der Waals surface area contributed by atoms with Crippen LogP contribution >= 0.6 is 0 Å². The Morgan fingerprint density at radius 2 is 2.03 bits per heavy atom. The molecular weight excluding hydrogens is 470 g/mol. The topological polar surface area (TPSA) is 106 Å². The molecule has 1 fully saturated rings. The maximum Gasteiger partial charge on any atom is 0.317 e. The number of carbonyl (C=O) groups is 1. The van der Waals surface area contributed by atoms with Gasteiger partial charge in [-0.3, -0.25) is 19.5 Å². The molecule has 4 rings (SSSR count). The Balaban J connectivity index is 1.63. The normalized spacial score (nSPS) is 17.9. The van der Waals surface area contributed by atoms with Crippen LogP contribution < -0.4 is 5.56 Å². The predicted molar refractivity (Wildman–Crippen MR) is 129 cm³/mol. The third-order valence-electron chi connectivity index (χ3n) is 6.49. The molecule has 3 aromatic rings. The van der Waals surface area contributed by atoms with Crippen molar-refractivity contribution >= 4 is 5.97 Å². The molecule has 0 amide bonds. The first kappa shape index (κ1) is 25.6. The average molecular weight is 501 g/mol. The molecule has 3 aromatic heterocycles. The number of likely N-dealkylation sites (tertiary alicyclic amines) is 1. The fourth-order valence-electron chi connectivity index (χ4n) is 4.90. The summed E-state index contributed by atoms with van der Waals surface area (Å²) in [5.74, 6) is -4.66. The third kappa shape index (κ3) is 5.67. The first-order chi connectivity index (χ1) is 17.1. The van der Waals surface area contributed by atoms with Crippen LogP contribution in [0.3, 0.4) is 0 Å². The molecule has 36 heavy (non-hydrogen) atoms. The SMILES string of the molecule is CCCc1ccc(=O)n(Cc2c(-c3ccc(C4CN(CC(=O)O)CC(F)(F)C4)c(C)n3)nnn2C)c1. The van der Waals surface area contributed by atoms with Crippen molar-refractivity contribution in [3.05, 3.63) is 63.3 Å². The van der Waals surface area contributed by atoms with Crippen molar-refractivity contribution in [2.75, 3.05) is 19.6 Å². The van der Waals surface area contributed by atoms with Crippen LogP contribution in [0, 0.1) is 6.92 Å². The minimum absolute atomic E-state index is 0.134. The van der Waals surface area contributed by atoms with Gasteiger partial charge in [-0.1, -0.05) is 30.7 Å². The van der Waals surface area contributed by atoms with Crippen LogP contribution in [0.25, 0.3) is 11.4 Å². The Morgan fingerprint density at radius 3 is 2.72 bits per heavy atom. The van der Waals surface area contributed by atoms with Crippen LogP contribution in [-0.2, 0) is 24.8 Å². The summed E-state index contributed by atoms with van der Waals surface area (Å²) in [4.78, 5) is 29.5. The Kier molecular flexibility index (Phi) is 7.30. The number of aliphatic carboxylic acids is 1. The Morgan fingerprint density at radius 1 is 1.25 bits per heavy atom. The van der Waals surface area contributed by atoms with E-state index in [0.29, 0.717) is 28.3 Å². The van der Waals surface area contributed by atoms with Gasteiger partial charge in [0, 0.05) is 43.9 Å². The number of hydrogen-bond acceptors (Lipinski definition) is 6. The highest BCUT2D eigenvalue weighted by atomic mass is 19.3. The van der Waals surface area contributed by atoms with E-state index in [4.69, 9.17) is 5.11 Å². The fraction of sp³-hybridized carbons (Fsp3) is 0.480. The predicted octanol–water partition coefficient (Wildman–Crippen LogP) is 2.86. The van der Waals surface area contributed by atoms with Gasteiger partial charge in [-0.2, -0.15) is 0 Å². The number of carboxylic acid groups (broad SMARTS) is 1. The van der Waals surface area contributed by atoms with E-state index in [2.05, 4.69) is 22.2 Å². The summed E-state index contributed by atoms with van der Waals surface area (Å²) in [5.41, 5.74) is 3.90. The molecular formula is C25H30F2N6O3. The minimum atomic E-state index is -2.98. The third-order valence-corrected chi connectivity index (χ3v) is 6.49. The number of pyridine rings is 2. The zero-order valence-corrected chi connectivity index (χ0v) is 20.6. The van der Waals surface area contributed by atoms with Gasteiger partial charge in [-0.15, -0.1) is 5.10 Å². The molecule has 0 radical (unpaired) electrons. The van der Waals surface area contributed by atoms with Crippen molar-refractivity contribution < 1.29 is 18.7 Å². The molecule has 1 aliphatic rings. The van der Waals surface area contributed by atoms with Crippen LogP contribution in [0.5, 0.6) is 0 Å². The maximum absolute atomic E-state index is 14.4. The summed E-state index contributed by atoms with van der Waals surface area (Å²) in [6, 6.07) is 6.87. The number of rotatable bonds is 8. The second-order valence-electron chi connectivity index (χ2n) is 9.45. The molecule has 0 spiro atoms. The van der Waals surface area contributed by atoms with E-state index >= 15 is 0 Å². The van der Waals surface area contributed by atoms with E-state index in [-0.39, 0.29) is 25.1 Å². The van der Waals surface area contributed by atoms with Gasteiger partial charge in [0.15, 0.2) is 0 Å². The van der Waals surface area contributed by atoms with Crippen LogP contribution in [0.15, 0.2) is 35.3 Å². The highest BCUT2D eigenvalue weighted by Crippen LogP contribution is 2.37. The second-order valence-corrected chi connectivity index (χ2v) is 9.45. The number of nitrogens with zero attached hydrogens (tertiary/aromatic N) is 6. The van der Waals surface area contributed by atoms with Crippen molar-refractivity contribution in [2.24, 2.45) is 7.05 Å². The molecule has 1 aliphatic heterocycles. The molecule has 0 aliphatic carbocycles. The van der Waals surface area contributed by atoms with Crippen molar-refractivity contribution in [3.8, 4) is 11.4 Å². The molecule has 1 atom stereocenters. The largest absolute Gasteiger partial charge is 0.480 e. The molecule has 4 heterocycles. The monoisotopic (exact) mass is 500 g/mol. The molecule has 0 aromatic carbocycles. The second kappa shape index (κ2) is 10.3. The first-order valence-electron chi connectivity index (χ1n) is 11.9. The van der Waals surface area contributed by atoms with Crippen LogP contribution in [0.1, 0.15) is 48.2 Å². The lowest BCUT2D eigenvalue weighted by Crippen LogP contribution is -2.48. The molecule has 0 saturated carbocycles. The van der Waals surface area contributed by atoms with E-state index in [1.165, 1.54) is 4.90 Å². The summed E-state index contributed by atoms with van der Waals surface area (Å²) in [5, 5.41) is 17.5. The molecule has 9 nitrogen and oxygen atoms in total. The van der Waals surface area contributed by atoms with Crippen molar-refractivity contribution in [1.82, 2.24) is 29.4 Å². The van der Waals surface area contributed by atoms with Gasteiger partial charge < -0.3 is 9.67 Å². The molecule has 11 heteroatoms. The van der Waals surface area contributed by atoms with E-state index in [1.807, 2.05) is 12.3 Å². The summed E-state index contributed by atoms with van der Waals surface area (Å²) in [6.45, 7) is 3.31. The first-order valence-corrected chi connectivity index (χ1v) is 11.9. The smallest absolute Gasteiger partial charge is 0.317 e. The number of aryl methyl sites for hydroxylation is 3. The Hall–Kier alpha value is -3.47. The highest BCUT2D eigenvalue weighted by molar-refractivity contribution is 5.69. The number of halogens is 2. The number of alkyl halides is 2. The number of carboxylic acids is 1. The van der Waals surface area contributed by atoms with Gasteiger partial charge in [0.25, 0.3) is 11.5 Å². The van der Waals surface area contributed by atoms with Gasteiger partial charge >= 0.3 is 5.97 Å². The van der Waals surface area contributed by atoms with Gasteiger partial charge in [-0.25, -0.2) is 13.5 Å². The maximum atomic E-state index is 14.4. The van der Waals surface area contributed by atoms with Gasteiger partial charge in [0.1, 0.15) is 5.69 Å². The molecule has 1 N–H and O–H groups in total. The highest BCUT2D eigenvalue weighted by Gasteiger charge is 2.41. The summed E-state index contributed by atoms with van der Waals surface area (Å²) in [6.07, 6.45) is 3.31. The van der Waals surface area contributed by atoms with Crippen molar-refractivity contribution in [2.45, 2.75) is 51.5 Å². The Bertz CT molecular complexity index is 1320. The van der Waals surface area contributed by atoms with Crippen LogP contribution in [0.2, 0.25) is 0 Å². The lowest BCUT2D eigenvalue weighted by molar-refractivity contribution is -0.141. The molecule has 1 unspecified atom stereocenters. The Labute approximate surface area is 207 Å². The van der Waals surface area contributed by atoms with E-state index < -0.39 is 30.9 Å². The average Bonchev–Trinajstić information content (AvgIpc) is 3.14. The molecule has 192 valence electrons. The van der Waals surface area contributed by atoms with E-state index in [0.717, 1.165) is 18.4 Å². The van der Waals surface area contributed by atoms with Gasteiger partial charge in [0.05, 0.1) is 31.0 Å². The van der Waals surface area contributed by atoms with Crippen LogP contribution in [0.4, 0.5) is 8.78 Å². The quantitative estimate of drug-likeness (QED) is 0.507. The lowest BCUT2D eigenvalue weighted by atomic mass is 9.87. The van der Waals surface area contributed by atoms with Gasteiger partial charge in [-0.05, 0) is 30.5 Å². The summed E-state index contributed by atoms with van der Waals surface area (Å²) < 4.78 is 32.0. The molecule has 0 bridgehead atoms. The lowest BCUT2D eigenvalue weighted by Gasteiger charge is -2.37. The molecule has 1 saturated heterocycles. The number of hydrogen-bond donors (Lipinski definition) is 1. The van der Waals surface area contributed by atoms with Crippen LogP contribution in [-0.4, -0.2) is 66.1 Å². The van der Waals surface area contributed by atoms with Gasteiger partial charge in [0.2, 0.25) is 0 Å². The summed E-state index contributed by atoms with van der Waals surface area (Å²) in [7, 11) is 1.75.